The molecule has 0 saturated heterocycles. The van der Waals surface area contributed by atoms with Gasteiger partial charge in [-0.25, -0.2) is 15.0 Å². The summed E-state index contributed by atoms with van der Waals surface area (Å²) in [6.07, 6.45) is 7.93. The first-order valence-corrected chi connectivity index (χ1v) is 12.5. The van der Waals surface area contributed by atoms with Crippen molar-refractivity contribution in [3.8, 4) is 0 Å². The lowest BCUT2D eigenvalue weighted by Crippen LogP contribution is -2.13. The van der Waals surface area contributed by atoms with Crippen LogP contribution in [0.15, 0.2) is 54.3 Å². The highest BCUT2D eigenvalue weighted by atomic mass is 32.1. The Morgan fingerprint density at radius 1 is 1.00 bits per heavy atom. The first-order valence-electron chi connectivity index (χ1n) is 11.6. The number of thiophene rings is 1. The van der Waals surface area contributed by atoms with E-state index in [-0.39, 0.29) is 5.91 Å². The van der Waals surface area contributed by atoms with Crippen LogP contribution in [0.25, 0.3) is 21.0 Å². The van der Waals surface area contributed by atoms with E-state index in [0.29, 0.717) is 21.6 Å². The van der Waals surface area contributed by atoms with Crippen molar-refractivity contribution in [2.45, 2.75) is 32.6 Å². The lowest BCUT2D eigenvalue weighted by atomic mass is 9.91. The van der Waals surface area contributed by atoms with Gasteiger partial charge in [0.25, 0.3) is 5.91 Å². The lowest BCUT2D eigenvalue weighted by molar-refractivity contribution is 0.102. The summed E-state index contributed by atoms with van der Waals surface area (Å²) < 4.78 is 0.716. The van der Waals surface area contributed by atoms with Crippen molar-refractivity contribution in [3.63, 3.8) is 0 Å². The summed E-state index contributed by atoms with van der Waals surface area (Å²) in [4.78, 5) is 26.2. The average Bonchev–Trinajstić information content (AvgIpc) is 3.31. The molecule has 35 heavy (non-hydrogen) atoms. The first kappa shape index (κ1) is 21.5. The fraction of sp³-hybridized carbons (Fsp3) is 0.185. The fourth-order valence-electron chi connectivity index (χ4n) is 4.79. The Morgan fingerprint density at radius 3 is 2.74 bits per heavy atom. The minimum Gasteiger partial charge on any atom is -0.382 e. The van der Waals surface area contributed by atoms with E-state index < -0.39 is 0 Å². The molecule has 0 atom stereocenters. The molecule has 4 N–H and O–H groups in total. The summed E-state index contributed by atoms with van der Waals surface area (Å²) in [5, 5.41) is 10.2. The SMILES string of the molecule is Cc1ccc2c(Nc3ccc4c(c3)CCCC4)nccc2c1NC(=O)c1csc2c(N)ncnc12. The van der Waals surface area contributed by atoms with E-state index in [9.17, 15) is 4.79 Å². The molecule has 0 saturated carbocycles. The van der Waals surface area contributed by atoms with E-state index in [2.05, 4.69) is 43.8 Å². The maximum Gasteiger partial charge on any atom is 0.258 e. The molecule has 174 valence electrons. The van der Waals surface area contributed by atoms with Crippen molar-refractivity contribution in [3.05, 3.63) is 76.6 Å². The van der Waals surface area contributed by atoms with Gasteiger partial charge in [0.15, 0.2) is 0 Å². The van der Waals surface area contributed by atoms with Gasteiger partial charge in [-0.2, -0.15) is 0 Å². The molecule has 0 fully saturated rings. The van der Waals surface area contributed by atoms with Crippen LogP contribution in [0.5, 0.6) is 0 Å². The quantitative estimate of drug-likeness (QED) is 0.291. The van der Waals surface area contributed by atoms with Crippen LogP contribution in [0.3, 0.4) is 0 Å². The van der Waals surface area contributed by atoms with Crippen LogP contribution in [0.4, 0.5) is 23.0 Å². The molecule has 3 aromatic heterocycles. The first-order chi connectivity index (χ1) is 17.1. The third kappa shape index (κ3) is 3.85. The number of nitrogen functional groups attached to an aromatic ring is 1. The van der Waals surface area contributed by atoms with E-state index in [1.807, 2.05) is 25.1 Å². The molecular weight excluding hydrogens is 456 g/mol. The number of amides is 1. The highest BCUT2D eigenvalue weighted by molar-refractivity contribution is 7.18. The predicted molar refractivity (Wildman–Crippen MR) is 143 cm³/mol. The smallest absolute Gasteiger partial charge is 0.258 e. The number of nitrogens with two attached hydrogens (primary N) is 1. The zero-order valence-corrected chi connectivity index (χ0v) is 20.1. The van der Waals surface area contributed by atoms with Crippen molar-refractivity contribution >= 4 is 61.2 Å². The van der Waals surface area contributed by atoms with Crippen molar-refractivity contribution in [1.29, 1.82) is 0 Å². The number of carbonyl (C=O) groups excluding carboxylic acids is 1. The van der Waals surface area contributed by atoms with E-state index >= 15 is 0 Å². The largest absolute Gasteiger partial charge is 0.382 e. The Balaban J connectivity index is 1.35. The number of carbonyl (C=O) groups is 1. The molecule has 1 aliphatic carbocycles. The summed E-state index contributed by atoms with van der Waals surface area (Å²) in [7, 11) is 0. The van der Waals surface area contributed by atoms with Crippen LogP contribution in [0.2, 0.25) is 0 Å². The number of nitrogens with zero attached hydrogens (tertiary/aromatic N) is 3. The number of hydrogen-bond donors (Lipinski definition) is 3. The summed E-state index contributed by atoms with van der Waals surface area (Å²) in [5.74, 6) is 0.908. The normalized spacial score (nSPS) is 13.1. The minimum absolute atomic E-state index is 0.231. The maximum atomic E-state index is 13.3. The van der Waals surface area contributed by atoms with Crippen LogP contribution in [-0.4, -0.2) is 20.9 Å². The Bertz CT molecular complexity index is 1610. The van der Waals surface area contributed by atoms with Gasteiger partial charge in [0.1, 0.15) is 18.0 Å². The molecule has 0 unspecified atom stereocenters. The highest BCUT2D eigenvalue weighted by Crippen LogP contribution is 2.34. The molecule has 3 heterocycles. The van der Waals surface area contributed by atoms with Gasteiger partial charge in [0.2, 0.25) is 0 Å². The topological polar surface area (TPSA) is 106 Å². The summed E-state index contributed by atoms with van der Waals surface area (Å²) in [6, 6.07) is 12.6. The maximum absolute atomic E-state index is 13.3. The second-order valence-corrected chi connectivity index (χ2v) is 9.75. The molecule has 2 aromatic carbocycles. The Hall–Kier alpha value is -4.04. The number of pyridine rings is 1. The Labute approximate surface area is 206 Å². The molecule has 0 spiro atoms. The van der Waals surface area contributed by atoms with Crippen molar-refractivity contribution < 1.29 is 4.79 Å². The number of nitrogens with one attached hydrogen (secondary N) is 2. The summed E-state index contributed by atoms with van der Waals surface area (Å²) in [5.41, 5.74) is 12.6. The number of fused-ring (bicyclic) bond motifs is 3. The van der Waals surface area contributed by atoms with Gasteiger partial charge in [0.05, 0.1) is 21.5 Å². The Kier molecular flexibility index (Phi) is 5.30. The third-order valence-corrected chi connectivity index (χ3v) is 7.62. The fourth-order valence-corrected chi connectivity index (χ4v) is 5.69. The standard InChI is InChI=1S/C27H24N6OS/c1-15-6-9-20-19(22(15)33-27(34)21-13-35-24-23(21)30-14-31-25(24)28)10-11-29-26(20)32-18-8-7-16-4-2-3-5-17(16)12-18/h6-14H,2-5H2,1H3,(H,29,32)(H,33,34)(H2,28,30,31). The number of benzene rings is 2. The van der Waals surface area contributed by atoms with Crippen LogP contribution in [-0.2, 0) is 12.8 Å². The van der Waals surface area contributed by atoms with Gasteiger partial charge >= 0.3 is 0 Å². The van der Waals surface area contributed by atoms with Crippen molar-refractivity contribution in [2.24, 2.45) is 0 Å². The molecule has 5 aromatic rings. The minimum atomic E-state index is -0.231. The van der Waals surface area contributed by atoms with Gasteiger partial charge in [0, 0.05) is 28.0 Å². The number of aromatic nitrogens is 3. The van der Waals surface area contributed by atoms with Gasteiger partial charge in [-0.3, -0.25) is 4.79 Å². The molecule has 0 aliphatic heterocycles. The summed E-state index contributed by atoms with van der Waals surface area (Å²) in [6.45, 7) is 1.98. The van der Waals surface area contributed by atoms with Gasteiger partial charge < -0.3 is 16.4 Å². The zero-order chi connectivity index (χ0) is 23.9. The average molecular weight is 481 g/mol. The van der Waals surface area contributed by atoms with Gasteiger partial charge in [-0.1, -0.05) is 18.2 Å². The monoisotopic (exact) mass is 480 g/mol. The van der Waals surface area contributed by atoms with Gasteiger partial charge in [-0.15, -0.1) is 11.3 Å². The molecule has 0 radical (unpaired) electrons. The Morgan fingerprint density at radius 2 is 1.86 bits per heavy atom. The van der Waals surface area contributed by atoms with Crippen LogP contribution in [0, 0.1) is 6.92 Å². The predicted octanol–water partition coefficient (Wildman–Crippen LogP) is 6.00. The number of aryl methyl sites for hydroxylation is 3. The van der Waals surface area contributed by atoms with E-state index in [1.165, 1.54) is 41.6 Å². The molecule has 7 nitrogen and oxygen atoms in total. The molecular formula is C27H24N6OS. The van der Waals surface area contributed by atoms with Gasteiger partial charge in [-0.05, 0) is 67.5 Å². The van der Waals surface area contributed by atoms with Crippen molar-refractivity contribution in [1.82, 2.24) is 15.0 Å². The molecule has 0 bridgehead atoms. The lowest BCUT2D eigenvalue weighted by Gasteiger charge is -2.18. The van der Waals surface area contributed by atoms with Crippen molar-refractivity contribution in [2.75, 3.05) is 16.4 Å². The molecule has 8 heteroatoms. The molecule has 1 aliphatic rings. The van der Waals surface area contributed by atoms with Crippen LogP contribution >= 0.6 is 11.3 Å². The number of rotatable bonds is 4. The second-order valence-electron chi connectivity index (χ2n) is 8.87. The van der Waals surface area contributed by atoms with Crippen LogP contribution in [0.1, 0.15) is 39.9 Å². The highest BCUT2D eigenvalue weighted by Gasteiger charge is 2.18. The zero-order valence-electron chi connectivity index (χ0n) is 19.3. The number of anilines is 4. The molecule has 1 amide bonds. The summed E-state index contributed by atoms with van der Waals surface area (Å²) >= 11 is 1.37. The molecule has 6 rings (SSSR count). The van der Waals surface area contributed by atoms with E-state index in [1.54, 1.807) is 11.6 Å². The van der Waals surface area contributed by atoms with E-state index in [0.717, 1.165) is 46.4 Å². The van der Waals surface area contributed by atoms with E-state index in [4.69, 9.17) is 5.73 Å². The third-order valence-electron chi connectivity index (χ3n) is 6.63. The van der Waals surface area contributed by atoms with Crippen LogP contribution < -0.4 is 16.4 Å². The second kappa shape index (κ2) is 8.63. The number of hydrogen-bond acceptors (Lipinski definition) is 7.